The second-order valence-electron chi connectivity index (χ2n) is 6.95. The molecule has 2 aromatic carbocycles. The van der Waals surface area contributed by atoms with Crippen molar-refractivity contribution in [3.63, 3.8) is 0 Å². The largest absolute Gasteiger partial charge is 0.481 e. The summed E-state index contributed by atoms with van der Waals surface area (Å²) < 4.78 is 0. The predicted octanol–water partition coefficient (Wildman–Crippen LogP) is 3.62. The average Bonchev–Trinajstić information content (AvgIpc) is 2.71. The van der Waals surface area contributed by atoms with Crippen LogP contribution in [0.3, 0.4) is 0 Å². The molecule has 0 spiro atoms. The van der Waals surface area contributed by atoms with Crippen LogP contribution in [0, 0.1) is 0 Å². The average molecular weight is 397 g/mol. The van der Waals surface area contributed by atoms with Gasteiger partial charge in [-0.15, -0.1) is 0 Å². The molecule has 0 saturated heterocycles. The fourth-order valence-corrected chi connectivity index (χ4v) is 4.18. The number of fused-ring (bicyclic) bond motifs is 1. The zero-order valence-electron chi connectivity index (χ0n) is 15.7. The van der Waals surface area contributed by atoms with Crippen LogP contribution in [0.15, 0.2) is 48.5 Å². The minimum absolute atomic E-state index is 0.0488. The van der Waals surface area contributed by atoms with Gasteiger partial charge in [0.1, 0.15) is 0 Å². The molecule has 6 heteroatoms. The summed E-state index contributed by atoms with van der Waals surface area (Å²) in [6.45, 7) is 0. The van der Waals surface area contributed by atoms with Crippen molar-refractivity contribution >= 4 is 28.8 Å². The summed E-state index contributed by atoms with van der Waals surface area (Å²) in [7, 11) is 0. The minimum Gasteiger partial charge on any atom is -0.481 e. The summed E-state index contributed by atoms with van der Waals surface area (Å²) in [5.74, 6) is -1.56. The number of rotatable bonds is 6. The molecule has 0 heterocycles. The van der Waals surface area contributed by atoms with E-state index in [1.807, 2.05) is 42.5 Å². The number of aliphatic carboxylic acids is 1. The number of hydrogen-bond acceptors (Lipinski definition) is 4. The van der Waals surface area contributed by atoms with E-state index in [1.165, 1.54) is 11.8 Å². The van der Waals surface area contributed by atoms with Gasteiger partial charge in [0.25, 0.3) is 0 Å². The molecular formula is C22H23NO4S. The van der Waals surface area contributed by atoms with E-state index in [0.717, 1.165) is 22.3 Å². The quantitative estimate of drug-likeness (QED) is 0.778. The Morgan fingerprint density at radius 2 is 1.82 bits per heavy atom. The maximum absolute atomic E-state index is 12.6. The van der Waals surface area contributed by atoms with E-state index in [4.69, 9.17) is 5.11 Å². The number of carbonyl (C=O) groups excluding carboxylic acids is 2. The van der Waals surface area contributed by atoms with Crippen LogP contribution < -0.4 is 5.32 Å². The van der Waals surface area contributed by atoms with Gasteiger partial charge in [-0.1, -0.05) is 60.3 Å². The molecule has 0 radical (unpaired) electrons. The SMILES string of the molecule is CSC(=O)[C@H]1C[C@H](NC(=O)CCC(=O)O)Cc2ccc(-c3ccccc3)cc21. The fourth-order valence-electron chi connectivity index (χ4n) is 3.67. The van der Waals surface area contributed by atoms with Crippen molar-refractivity contribution in [1.29, 1.82) is 0 Å². The monoisotopic (exact) mass is 397 g/mol. The number of hydrogen-bond donors (Lipinski definition) is 2. The van der Waals surface area contributed by atoms with E-state index in [1.54, 1.807) is 6.26 Å². The molecule has 1 aliphatic carbocycles. The molecule has 2 N–H and O–H groups in total. The highest BCUT2D eigenvalue weighted by Gasteiger charge is 2.32. The zero-order chi connectivity index (χ0) is 20.1. The second-order valence-corrected chi connectivity index (χ2v) is 7.76. The molecule has 1 aliphatic rings. The predicted molar refractivity (Wildman–Crippen MR) is 110 cm³/mol. The smallest absolute Gasteiger partial charge is 0.303 e. The number of thioether (sulfide) groups is 1. The van der Waals surface area contributed by atoms with Gasteiger partial charge in [-0.2, -0.15) is 0 Å². The number of nitrogens with one attached hydrogen (secondary N) is 1. The Labute approximate surface area is 168 Å². The molecule has 0 aliphatic heterocycles. The van der Waals surface area contributed by atoms with Crippen molar-refractivity contribution in [1.82, 2.24) is 5.32 Å². The Bertz CT molecular complexity index is 881. The molecule has 5 nitrogen and oxygen atoms in total. The Morgan fingerprint density at radius 3 is 2.50 bits per heavy atom. The van der Waals surface area contributed by atoms with Gasteiger partial charge in [0.2, 0.25) is 5.91 Å². The van der Waals surface area contributed by atoms with E-state index in [0.29, 0.717) is 12.8 Å². The molecule has 0 aromatic heterocycles. The lowest BCUT2D eigenvalue weighted by atomic mass is 9.79. The first-order valence-electron chi connectivity index (χ1n) is 9.25. The van der Waals surface area contributed by atoms with E-state index < -0.39 is 5.97 Å². The molecule has 146 valence electrons. The van der Waals surface area contributed by atoms with Crippen LogP contribution in [0.1, 0.15) is 36.3 Å². The van der Waals surface area contributed by atoms with Gasteiger partial charge in [-0.05, 0) is 41.4 Å². The van der Waals surface area contributed by atoms with Crippen LogP contribution in [0.25, 0.3) is 11.1 Å². The zero-order valence-corrected chi connectivity index (χ0v) is 16.5. The third kappa shape index (κ3) is 4.81. The van der Waals surface area contributed by atoms with Gasteiger partial charge in [0.15, 0.2) is 5.12 Å². The highest BCUT2D eigenvalue weighted by Crippen LogP contribution is 2.37. The summed E-state index contributed by atoms with van der Waals surface area (Å²) in [4.78, 5) is 35.3. The van der Waals surface area contributed by atoms with Crippen LogP contribution >= 0.6 is 11.8 Å². The molecule has 1 amide bonds. The summed E-state index contributed by atoms with van der Waals surface area (Å²) in [6, 6.07) is 16.0. The lowest BCUT2D eigenvalue weighted by molar-refractivity contribution is -0.138. The number of carboxylic acid groups (broad SMARTS) is 1. The van der Waals surface area contributed by atoms with Crippen LogP contribution in [0.4, 0.5) is 0 Å². The maximum atomic E-state index is 12.6. The van der Waals surface area contributed by atoms with E-state index in [9.17, 15) is 14.4 Å². The van der Waals surface area contributed by atoms with E-state index in [-0.39, 0.29) is 35.8 Å². The Hall–Kier alpha value is -2.60. The molecular weight excluding hydrogens is 374 g/mol. The Kier molecular flexibility index (Phi) is 6.52. The van der Waals surface area contributed by atoms with Crippen molar-refractivity contribution in [2.45, 2.75) is 37.6 Å². The molecule has 0 unspecified atom stereocenters. The summed E-state index contributed by atoms with van der Waals surface area (Å²) in [5.41, 5.74) is 4.26. The van der Waals surface area contributed by atoms with E-state index in [2.05, 4.69) is 11.4 Å². The number of amides is 1. The Balaban J connectivity index is 1.84. The van der Waals surface area contributed by atoms with Crippen molar-refractivity contribution in [3.05, 3.63) is 59.7 Å². The lowest BCUT2D eigenvalue weighted by Gasteiger charge is -2.31. The first-order chi connectivity index (χ1) is 13.5. The summed E-state index contributed by atoms with van der Waals surface area (Å²) in [5, 5.41) is 11.7. The van der Waals surface area contributed by atoms with Crippen molar-refractivity contribution in [2.75, 3.05) is 6.26 Å². The van der Waals surface area contributed by atoms with Gasteiger partial charge in [0, 0.05) is 12.5 Å². The second kappa shape index (κ2) is 9.06. The van der Waals surface area contributed by atoms with Crippen LogP contribution in [-0.2, 0) is 20.8 Å². The molecule has 2 atom stereocenters. The number of carbonyl (C=O) groups is 3. The summed E-state index contributed by atoms with van der Waals surface area (Å²) in [6.07, 6.45) is 2.71. The molecule has 0 fully saturated rings. The minimum atomic E-state index is -0.993. The molecule has 28 heavy (non-hydrogen) atoms. The fraction of sp³-hybridized carbons (Fsp3) is 0.318. The van der Waals surface area contributed by atoms with E-state index >= 15 is 0 Å². The topological polar surface area (TPSA) is 83.5 Å². The van der Waals surface area contributed by atoms with Gasteiger partial charge in [-0.25, -0.2) is 0 Å². The summed E-state index contributed by atoms with van der Waals surface area (Å²) >= 11 is 1.20. The van der Waals surface area contributed by atoms with Crippen molar-refractivity contribution in [3.8, 4) is 11.1 Å². The first-order valence-corrected chi connectivity index (χ1v) is 10.5. The highest BCUT2D eigenvalue weighted by molar-refractivity contribution is 8.13. The highest BCUT2D eigenvalue weighted by atomic mass is 32.2. The molecule has 0 bridgehead atoms. The lowest BCUT2D eigenvalue weighted by Crippen LogP contribution is -2.41. The third-order valence-electron chi connectivity index (χ3n) is 5.03. The number of carboxylic acids is 1. The van der Waals surface area contributed by atoms with Crippen LogP contribution in [0.2, 0.25) is 0 Å². The molecule has 2 aromatic rings. The molecule has 0 saturated carbocycles. The van der Waals surface area contributed by atoms with Gasteiger partial charge >= 0.3 is 5.97 Å². The standard InChI is InChI=1S/C22H23NO4S/c1-28-22(27)19-13-17(23-20(24)9-10-21(25)26)11-16-8-7-15(12-18(16)19)14-5-3-2-4-6-14/h2-8,12,17,19H,9-11,13H2,1H3,(H,23,24)(H,25,26)/t17-,19+/m1/s1. The van der Waals surface area contributed by atoms with Crippen LogP contribution in [0.5, 0.6) is 0 Å². The molecule has 3 rings (SSSR count). The maximum Gasteiger partial charge on any atom is 0.303 e. The van der Waals surface area contributed by atoms with Gasteiger partial charge < -0.3 is 10.4 Å². The van der Waals surface area contributed by atoms with Crippen LogP contribution in [-0.4, -0.2) is 34.4 Å². The normalized spacial score (nSPS) is 18.2. The van der Waals surface area contributed by atoms with Crippen molar-refractivity contribution in [2.24, 2.45) is 0 Å². The number of benzene rings is 2. The Morgan fingerprint density at radius 1 is 1.07 bits per heavy atom. The first kappa shape index (κ1) is 20.1. The third-order valence-corrected chi connectivity index (χ3v) is 5.72. The van der Waals surface area contributed by atoms with Gasteiger partial charge in [0.05, 0.1) is 12.3 Å². The van der Waals surface area contributed by atoms with Gasteiger partial charge in [-0.3, -0.25) is 14.4 Å². The van der Waals surface area contributed by atoms with Crippen molar-refractivity contribution < 1.29 is 19.5 Å².